The third-order valence-electron chi connectivity index (χ3n) is 5.80. The highest BCUT2D eigenvalue weighted by atomic mass is 16.5. The first-order valence-corrected chi connectivity index (χ1v) is 11.1. The first-order chi connectivity index (χ1) is 15.1. The van der Waals surface area contributed by atoms with Gasteiger partial charge in [-0.1, -0.05) is 37.3 Å². The minimum atomic E-state index is 0.0343. The fraction of sp³-hybridized carbons (Fsp3) is 0.440. The zero-order valence-corrected chi connectivity index (χ0v) is 18.5. The van der Waals surface area contributed by atoms with Gasteiger partial charge in [-0.15, -0.1) is 0 Å². The second kappa shape index (κ2) is 11.5. The van der Waals surface area contributed by atoms with Gasteiger partial charge in [-0.05, 0) is 55.6 Å². The molecule has 1 N–H and O–H groups in total. The summed E-state index contributed by atoms with van der Waals surface area (Å²) in [6.45, 7) is 5.37. The molecule has 2 amide bonds. The lowest BCUT2D eigenvalue weighted by Crippen LogP contribution is -2.49. The number of nitrogens with zero attached hydrogens (tertiary/aromatic N) is 2. The fourth-order valence-corrected chi connectivity index (χ4v) is 4.06. The van der Waals surface area contributed by atoms with E-state index >= 15 is 0 Å². The van der Waals surface area contributed by atoms with Crippen molar-refractivity contribution in [3.05, 3.63) is 65.7 Å². The molecule has 0 saturated carbocycles. The molecule has 1 aliphatic rings. The molecular formula is C25H33N3O3. The lowest BCUT2D eigenvalue weighted by molar-refractivity contribution is -0.123. The van der Waals surface area contributed by atoms with E-state index < -0.39 is 0 Å². The molecule has 1 saturated heterocycles. The van der Waals surface area contributed by atoms with Crippen LogP contribution in [0.3, 0.4) is 0 Å². The van der Waals surface area contributed by atoms with E-state index in [9.17, 15) is 9.59 Å². The number of nitrogens with one attached hydrogen (secondary N) is 1. The Bertz CT molecular complexity index is 831. The van der Waals surface area contributed by atoms with Crippen LogP contribution >= 0.6 is 0 Å². The van der Waals surface area contributed by atoms with Gasteiger partial charge in [0.1, 0.15) is 5.75 Å². The highest BCUT2D eigenvalue weighted by molar-refractivity contribution is 5.94. The van der Waals surface area contributed by atoms with E-state index in [1.54, 1.807) is 7.11 Å². The van der Waals surface area contributed by atoms with Crippen molar-refractivity contribution in [2.24, 2.45) is 0 Å². The maximum atomic E-state index is 12.7. The maximum absolute atomic E-state index is 12.7. The topological polar surface area (TPSA) is 61.9 Å². The molecule has 0 aromatic heterocycles. The van der Waals surface area contributed by atoms with Gasteiger partial charge >= 0.3 is 0 Å². The summed E-state index contributed by atoms with van der Waals surface area (Å²) < 4.78 is 5.17. The minimum absolute atomic E-state index is 0.0343. The molecule has 0 unspecified atom stereocenters. The predicted molar refractivity (Wildman–Crippen MR) is 122 cm³/mol. The first kappa shape index (κ1) is 22.8. The predicted octanol–water partition coefficient (Wildman–Crippen LogP) is 3.33. The van der Waals surface area contributed by atoms with E-state index in [1.807, 2.05) is 59.5 Å². The molecule has 2 aromatic carbocycles. The molecular weight excluding hydrogens is 390 g/mol. The van der Waals surface area contributed by atoms with Crippen LogP contribution in [0.2, 0.25) is 0 Å². The third-order valence-corrected chi connectivity index (χ3v) is 5.80. The van der Waals surface area contributed by atoms with E-state index in [0.717, 1.165) is 55.8 Å². The number of hydrogen-bond donors (Lipinski definition) is 1. The summed E-state index contributed by atoms with van der Waals surface area (Å²) in [5, 5.41) is 3.03. The number of hydrogen-bond acceptors (Lipinski definition) is 4. The number of ether oxygens (including phenoxy) is 1. The zero-order chi connectivity index (χ0) is 22.1. The van der Waals surface area contributed by atoms with Crippen molar-refractivity contribution in [3.8, 4) is 5.75 Å². The average molecular weight is 424 g/mol. The van der Waals surface area contributed by atoms with Crippen LogP contribution < -0.4 is 10.1 Å². The van der Waals surface area contributed by atoms with Crippen molar-refractivity contribution in [2.75, 3.05) is 33.3 Å². The molecule has 0 atom stereocenters. The Morgan fingerprint density at radius 3 is 2.35 bits per heavy atom. The van der Waals surface area contributed by atoms with Crippen molar-refractivity contribution in [1.29, 1.82) is 0 Å². The van der Waals surface area contributed by atoms with Crippen molar-refractivity contribution in [2.45, 2.75) is 38.8 Å². The Labute approximate surface area is 185 Å². The standard InChI is InChI=1S/C25H33N3O3/c1-3-15-28(19-24(29)26-18-20-9-11-23(31-2)12-10-20)22-13-16-27(17-14-22)25(30)21-7-5-4-6-8-21/h4-12,22H,3,13-19H2,1-2H3,(H,26,29). The number of rotatable bonds is 9. The van der Waals surface area contributed by atoms with Gasteiger partial charge in [0.05, 0.1) is 13.7 Å². The number of amides is 2. The summed E-state index contributed by atoms with van der Waals surface area (Å²) in [6, 6.07) is 17.5. The molecule has 0 bridgehead atoms. The van der Waals surface area contributed by atoms with Crippen LogP contribution in [-0.4, -0.2) is 60.9 Å². The Hall–Kier alpha value is -2.86. The van der Waals surface area contributed by atoms with E-state index in [-0.39, 0.29) is 11.8 Å². The second-order valence-electron chi connectivity index (χ2n) is 7.98. The summed E-state index contributed by atoms with van der Waals surface area (Å²) in [5.74, 6) is 0.937. The van der Waals surface area contributed by atoms with Crippen molar-refractivity contribution >= 4 is 11.8 Å². The van der Waals surface area contributed by atoms with Gasteiger partial charge in [-0.25, -0.2) is 0 Å². The van der Waals surface area contributed by atoms with Crippen molar-refractivity contribution in [3.63, 3.8) is 0 Å². The van der Waals surface area contributed by atoms with Gasteiger partial charge in [-0.2, -0.15) is 0 Å². The van der Waals surface area contributed by atoms with Gasteiger partial charge in [-0.3, -0.25) is 14.5 Å². The zero-order valence-electron chi connectivity index (χ0n) is 18.5. The van der Waals surface area contributed by atoms with E-state index in [0.29, 0.717) is 19.1 Å². The third kappa shape index (κ3) is 6.56. The van der Waals surface area contributed by atoms with E-state index in [4.69, 9.17) is 4.74 Å². The summed E-state index contributed by atoms with van der Waals surface area (Å²) in [7, 11) is 1.64. The lowest BCUT2D eigenvalue weighted by Gasteiger charge is -2.38. The quantitative estimate of drug-likeness (QED) is 0.672. The van der Waals surface area contributed by atoms with Gasteiger partial charge in [0.2, 0.25) is 5.91 Å². The Morgan fingerprint density at radius 2 is 1.74 bits per heavy atom. The molecule has 31 heavy (non-hydrogen) atoms. The Balaban J connectivity index is 1.48. The van der Waals surface area contributed by atoms with Gasteiger partial charge in [0.15, 0.2) is 0 Å². The minimum Gasteiger partial charge on any atom is -0.497 e. The van der Waals surface area contributed by atoms with Crippen LogP contribution in [0.4, 0.5) is 0 Å². The van der Waals surface area contributed by atoms with Crippen molar-refractivity contribution in [1.82, 2.24) is 15.1 Å². The van der Waals surface area contributed by atoms with Crippen LogP contribution in [0.1, 0.15) is 42.1 Å². The highest BCUT2D eigenvalue weighted by Gasteiger charge is 2.28. The number of benzene rings is 2. The average Bonchev–Trinajstić information content (AvgIpc) is 2.83. The van der Waals surface area contributed by atoms with E-state index in [2.05, 4.69) is 17.1 Å². The SMILES string of the molecule is CCCN(CC(=O)NCc1ccc(OC)cc1)C1CCN(C(=O)c2ccccc2)CC1. The monoisotopic (exact) mass is 423 g/mol. The van der Waals surface area contributed by atoms with Gasteiger partial charge in [0, 0.05) is 31.2 Å². The molecule has 1 aliphatic heterocycles. The molecule has 0 radical (unpaired) electrons. The number of likely N-dealkylation sites (tertiary alicyclic amines) is 1. The van der Waals surface area contributed by atoms with Gasteiger partial charge in [0.25, 0.3) is 5.91 Å². The van der Waals surface area contributed by atoms with Crippen LogP contribution in [0.25, 0.3) is 0 Å². The molecule has 6 nitrogen and oxygen atoms in total. The van der Waals surface area contributed by atoms with Crippen molar-refractivity contribution < 1.29 is 14.3 Å². The van der Waals surface area contributed by atoms with Crippen LogP contribution in [0, 0.1) is 0 Å². The Kier molecular flexibility index (Phi) is 8.47. The first-order valence-electron chi connectivity index (χ1n) is 11.1. The molecule has 3 rings (SSSR count). The summed E-state index contributed by atoms with van der Waals surface area (Å²) in [4.78, 5) is 29.5. The Morgan fingerprint density at radius 1 is 1.06 bits per heavy atom. The summed E-state index contributed by atoms with van der Waals surface area (Å²) in [6.07, 6.45) is 2.78. The second-order valence-corrected chi connectivity index (χ2v) is 7.98. The normalized spacial score (nSPS) is 14.5. The molecule has 0 aliphatic carbocycles. The lowest BCUT2D eigenvalue weighted by atomic mass is 10.0. The summed E-state index contributed by atoms with van der Waals surface area (Å²) in [5.41, 5.74) is 1.79. The molecule has 1 heterocycles. The molecule has 1 fully saturated rings. The smallest absolute Gasteiger partial charge is 0.253 e. The summed E-state index contributed by atoms with van der Waals surface area (Å²) >= 11 is 0. The largest absolute Gasteiger partial charge is 0.497 e. The van der Waals surface area contributed by atoms with Crippen LogP contribution in [0.15, 0.2) is 54.6 Å². The highest BCUT2D eigenvalue weighted by Crippen LogP contribution is 2.19. The number of piperidine rings is 1. The number of carbonyl (C=O) groups excluding carboxylic acids is 2. The molecule has 6 heteroatoms. The van der Waals surface area contributed by atoms with Crippen LogP contribution in [-0.2, 0) is 11.3 Å². The number of carbonyl (C=O) groups is 2. The molecule has 2 aromatic rings. The van der Waals surface area contributed by atoms with E-state index in [1.165, 1.54) is 0 Å². The fourth-order valence-electron chi connectivity index (χ4n) is 4.06. The molecule has 0 spiro atoms. The van der Waals surface area contributed by atoms with Crippen LogP contribution in [0.5, 0.6) is 5.75 Å². The maximum Gasteiger partial charge on any atom is 0.253 e. The number of methoxy groups -OCH3 is 1. The van der Waals surface area contributed by atoms with Gasteiger partial charge < -0.3 is 15.0 Å². The molecule has 166 valence electrons.